The molecule has 2 N–H and O–H groups in total. The van der Waals surface area contributed by atoms with E-state index in [9.17, 15) is 4.79 Å². The van der Waals surface area contributed by atoms with Crippen LogP contribution in [-0.2, 0) is 6.42 Å². The normalized spacial score (nSPS) is 10.1. The van der Waals surface area contributed by atoms with Gasteiger partial charge in [0.15, 0.2) is 0 Å². The molecule has 0 atom stereocenters. The number of carbonyl (C=O) groups is 1. The third-order valence-corrected chi connectivity index (χ3v) is 3.71. The lowest BCUT2D eigenvalue weighted by Crippen LogP contribution is -2.39. The maximum Gasteiger partial charge on any atom is 0.315 e. The van der Waals surface area contributed by atoms with Crippen molar-refractivity contribution >= 4 is 6.03 Å². The molecule has 6 nitrogen and oxygen atoms in total. The number of amides is 2. The third kappa shape index (κ3) is 6.55. The molecule has 0 aliphatic heterocycles. The van der Waals surface area contributed by atoms with Crippen LogP contribution >= 0.6 is 0 Å². The number of hydrogen-bond donors (Lipinski definition) is 2. The maximum atomic E-state index is 11.7. The molecule has 0 heterocycles. The molecule has 6 heteroatoms. The van der Waals surface area contributed by atoms with E-state index < -0.39 is 0 Å². The number of carbonyl (C=O) groups excluding carboxylic acids is 1. The minimum absolute atomic E-state index is 0.240. The summed E-state index contributed by atoms with van der Waals surface area (Å²) < 4.78 is 16.3. The van der Waals surface area contributed by atoms with Gasteiger partial charge in [-0.15, -0.1) is 0 Å². The Kier molecular flexibility index (Phi) is 8.12. The smallest absolute Gasteiger partial charge is 0.315 e. The van der Waals surface area contributed by atoms with Crippen LogP contribution < -0.4 is 24.8 Å². The predicted molar refractivity (Wildman–Crippen MR) is 101 cm³/mol. The van der Waals surface area contributed by atoms with E-state index in [0.717, 1.165) is 29.2 Å². The quantitative estimate of drug-likeness (QED) is 0.641. The summed E-state index contributed by atoms with van der Waals surface area (Å²) in [6.07, 6.45) is 0.915. The Bertz CT molecular complexity index is 674. The number of urea groups is 1. The lowest BCUT2D eigenvalue weighted by Gasteiger charge is -2.12. The number of rotatable bonds is 10. The molecule has 0 saturated heterocycles. The van der Waals surface area contributed by atoms with Crippen molar-refractivity contribution in [3.63, 3.8) is 0 Å². The van der Waals surface area contributed by atoms with Crippen molar-refractivity contribution in [2.75, 3.05) is 33.4 Å². The van der Waals surface area contributed by atoms with Crippen LogP contribution in [0.15, 0.2) is 48.5 Å². The van der Waals surface area contributed by atoms with Gasteiger partial charge < -0.3 is 24.8 Å². The van der Waals surface area contributed by atoms with Gasteiger partial charge in [0.1, 0.15) is 30.5 Å². The number of methoxy groups -OCH3 is 1. The molecule has 0 spiro atoms. The SMILES string of the molecule is CCc1ccccc1OCCNC(=O)NCCOc1ccc(OC)cc1. The molecule has 2 aromatic rings. The van der Waals surface area contributed by atoms with Crippen LogP contribution in [0.1, 0.15) is 12.5 Å². The number of hydrogen-bond acceptors (Lipinski definition) is 4. The molecular weight excluding hydrogens is 332 g/mol. The van der Waals surface area contributed by atoms with Crippen LogP contribution in [0.3, 0.4) is 0 Å². The topological polar surface area (TPSA) is 68.8 Å². The molecule has 140 valence electrons. The average molecular weight is 358 g/mol. The summed E-state index contributed by atoms with van der Waals surface area (Å²) in [5, 5.41) is 5.50. The molecule has 2 amide bonds. The van der Waals surface area contributed by atoms with Crippen molar-refractivity contribution in [3.05, 3.63) is 54.1 Å². The molecule has 0 fully saturated rings. The highest BCUT2D eigenvalue weighted by atomic mass is 16.5. The van der Waals surface area contributed by atoms with Crippen molar-refractivity contribution in [1.29, 1.82) is 0 Å². The molecule has 2 aromatic carbocycles. The van der Waals surface area contributed by atoms with Crippen molar-refractivity contribution in [2.45, 2.75) is 13.3 Å². The summed E-state index contributed by atoms with van der Waals surface area (Å²) in [5.41, 5.74) is 1.16. The molecule has 0 aliphatic carbocycles. The zero-order valence-corrected chi connectivity index (χ0v) is 15.3. The van der Waals surface area contributed by atoms with Gasteiger partial charge in [0.2, 0.25) is 0 Å². The summed E-state index contributed by atoms with van der Waals surface area (Å²) in [6.45, 7) is 3.75. The second-order valence-corrected chi connectivity index (χ2v) is 5.52. The first kappa shape index (κ1) is 19.4. The van der Waals surface area contributed by atoms with Crippen molar-refractivity contribution in [3.8, 4) is 17.2 Å². The minimum atomic E-state index is -0.240. The van der Waals surface area contributed by atoms with Gasteiger partial charge in [-0.25, -0.2) is 4.79 Å². The van der Waals surface area contributed by atoms with Crippen molar-refractivity contribution < 1.29 is 19.0 Å². The predicted octanol–water partition coefficient (Wildman–Crippen LogP) is 3.01. The standard InChI is InChI=1S/C20H26N2O4/c1-3-16-6-4-5-7-19(16)26-15-13-22-20(23)21-12-14-25-18-10-8-17(24-2)9-11-18/h4-11H,3,12-15H2,1-2H3,(H2,21,22,23). The van der Waals surface area contributed by atoms with Crippen LogP contribution in [0.25, 0.3) is 0 Å². The lowest BCUT2D eigenvalue weighted by atomic mass is 10.1. The summed E-state index contributed by atoms with van der Waals surface area (Å²) in [4.78, 5) is 11.7. The van der Waals surface area contributed by atoms with Gasteiger partial charge in [-0.2, -0.15) is 0 Å². The first-order chi connectivity index (χ1) is 12.7. The second-order valence-electron chi connectivity index (χ2n) is 5.52. The Balaban J connectivity index is 1.56. The van der Waals surface area contributed by atoms with Gasteiger partial charge in [-0.05, 0) is 42.3 Å². The zero-order valence-electron chi connectivity index (χ0n) is 15.3. The summed E-state index contributed by atoms with van der Waals surface area (Å²) in [6, 6.07) is 15.0. The van der Waals surface area contributed by atoms with Gasteiger partial charge in [-0.1, -0.05) is 25.1 Å². The molecule has 26 heavy (non-hydrogen) atoms. The molecule has 2 rings (SSSR count). The molecule has 0 aromatic heterocycles. The van der Waals surface area contributed by atoms with E-state index in [1.807, 2.05) is 48.5 Å². The van der Waals surface area contributed by atoms with E-state index in [4.69, 9.17) is 14.2 Å². The van der Waals surface area contributed by atoms with E-state index in [1.165, 1.54) is 0 Å². The Morgan fingerprint density at radius 1 is 0.885 bits per heavy atom. The zero-order chi connectivity index (χ0) is 18.6. The van der Waals surface area contributed by atoms with Crippen molar-refractivity contribution in [1.82, 2.24) is 10.6 Å². The number of benzene rings is 2. The molecule has 0 bridgehead atoms. The average Bonchev–Trinajstić information content (AvgIpc) is 2.69. The summed E-state index contributed by atoms with van der Waals surface area (Å²) in [7, 11) is 1.62. The highest BCUT2D eigenvalue weighted by Crippen LogP contribution is 2.18. The molecular formula is C20H26N2O4. The van der Waals surface area contributed by atoms with Crippen LogP contribution in [0.2, 0.25) is 0 Å². The highest BCUT2D eigenvalue weighted by Gasteiger charge is 2.02. The molecule has 0 aliphatic rings. The van der Waals surface area contributed by atoms with Gasteiger partial charge >= 0.3 is 6.03 Å². The lowest BCUT2D eigenvalue weighted by molar-refractivity contribution is 0.232. The fourth-order valence-electron chi connectivity index (χ4n) is 2.33. The fourth-order valence-corrected chi connectivity index (χ4v) is 2.33. The first-order valence-corrected chi connectivity index (χ1v) is 8.72. The van der Waals surface area contributed by atoms with Gasteiger partial charge in [0, 0.05) is 0 Å². The van der Waals surface area contributed by atoms with Crippen LogP contribution in [0, 0.1) is 0 Å². The monoisotopic (exact) mass is 358 g/mol. The van der Waals surface area contributed by atoms with Crippen LogP contribution in [-0.4, -0.2) is 39.4 Å². The van der Waals surface area contributed by atoms with E-state index in [0.29, 0.717) is 26.3 Å². The van der Waals surface area contributed by atoms with Gasteiger partial charge in [0.05, 0.1) is 20.2 Å². The Labute approximate surface area is 154 Å². The van der Waals surface area contributed by atoms with E-state index in [2.05, 4.69) is 17.6 Å². The number of para-hydroxylation sites is 1. The number of aryl methyl sites for hydroxylation is 1. The van der Waals surface area contributed by atoms with Crippen LogP contribution in [0.4, 0.5) is 4.79 Å². The third-order valence-electron chi connectivity index (χ3n) is 3.71. The van der Waals surface area contributed by atoms with Crippen molar-refractivity contribution in [2.24, 2.45) is 0 Å². The number of ether oxygens (including phenoxy) is 3. The highest BCUT2D eigenvalue weighted by molar-refractivity contribution is 5.73. The second kappa shape index (κ2) is 10.9. The largest absolute Gasteiger partial charge is 0.497 e. The fraction of sp³-hybridized carbons (Fsp3) is 0.350. The Hall–Kier alpha value is -2.89. The number of nitrogens with one attached hydrogen (secondary N) is 2. The summed E-state index contributed by atoms with van der Waals surface area (Å²) in [5.74, 6) is 2.37. The Morgan fingerprint density at radius 2 is 1.50 bits per heavy atom. The van der Waals surface area contributed by atoms with E-state index >= 15 is 0 Å². The molecule has 0 unspecified atom stereocenters. The minimum Gasteiger partial charge on any atom is -0.497 e. The van der Waals surface area contributed by atoms with E-state index in [1.54, 1.807) is 7.11 Å². The van der Waals surface area contributed by atoms with Crippen LogP contribution in [0.5, 0.6) is 17.2 Å². The molecule has 0 saturated carbocycles. The Morgan fingerprint density at radius 3 is 2.15 bits per heavy atom. The molecule has 0 radical (unpaired) electrons. The summed E-state index contributed by atoms with van der Waals surface area (Å²) >= 11 is 0. The van der Waals surface area contributed by atoms with Gasteiger partial charge in [-0.3, -0.25) is 0 Å². The maximum absolute atomic E-state index is 11.7. The van der Waals surface area contributed by atoms with E-state index in [-0.39, 0.29) is 6.03 Å². The first-order valence-electron chi connectivity index (χ1n) is 8.72. The van der Waals surface area contributed by atoms with Gasteiger partial charge in [0.25, 0.3) is 0 Å².